The van der Waals surface area contributed by atoms with Gasteiger partial charge in [-0.25, -0.2) is 0 Å². The molecule has 2 heteroatoms. The molecule has 58 valence electrons. The van der Waals surface area contributed by atoms with Crippen molar-refractivity contribution in [3.05, 3.63) is 34.2 Å². The lowest BCUT2D eigenvalue weighted by atomic mass is 10.1. The molecule has 0 unspecified atom stereocenters. The standard InChI is InChI=1S/C9H11NO/c11-9-4-6-10-5-2-1-3-8(10)7-9/h4,6-7H,1-3,5H2. The van der Waals surface area contributed by atoms with Crippen molar-refractivity contribution in [2.75, 3.05) is 0 Å². The van der Waals surface area contributed by atoms with E-state index in [4.69, 9.17) is 0 Å². The van der Waals surface area contributed by atoms with Crippen molar-refractivity contribution in [2.45, 2.75) is 25.8 Å². The molecule has 0 N–H and O–H groups in total. The van der Waals surface area contributed by atoms with Gasteiger partial charge in [-0.05, 0) is 19.3 Å². The zero-order chi connectivity index (χ0) is 7.68. The quantitative estimate of drug-likeness (QED) is 0.543. The molecule has 0 atom stereocenters. The molecule has 0 fully saturated rings. The van der Waals surface area contributed by atoms with Gasteiger partial charge in [0.25, 0.3) is 0 Å². The summed E-state index contributed by atoms with van der Waals surface area (Å²) in [5.41, 5.74) is 1.34. The predicted molar refractivity (Wildman–Crippen MR) is 43.6 cm³/mol. The maximum absolute atomic E-state index is 10.9. The predicted octanol–water partition coefficient (Wildman–Crippen LogP) is 1.18. The lowest BCUT2D eigenvalue weighted by Gasteiger charge is -2.17. The van der Waals surface area contributed by atoms with Crippen LogP contribution in [-0.4, -0.2) is 4.57 Å². The third kappa shape index (κ3) is 1.20. The van der Waals surface area contributed by atoms with Gasteiger partial charge in [-0.1, -0.05) is 0 Å². The van der Waals surface area contributed by atoms with Crippen LogP contribution in [-0.2, 0) is 13.0 Å². The number of pyridine rings is 1. The Hall–Kier alpha value is -1.05. The average molecular weight is 149 g/mol. The normalized spacial score (nSPS) is 16.0. The lowest BCUT2D eigenvalue weighted by molar-refractivity contribution is 0.524. The van der Waals surface area contributed by atoms with E-state index in [1.165, 1.54) is 18.5 Å². The molecule has 0 radical (unpaired) electrons. The largest absolute Gasteiger partial charge is 0.351 e. The zero-order valence-electron chi connectivity index (χ0n) is 6.42. The van der Waals surface area contributed by atoms with E-state index in [0.717, 1.165) is 13.0 Å². The number of nitrogens with zero attached hydrogens (tertiary/aromatic N) is 1. The van der Waals surface area contributed by atoms with Gasteiger partial charge in [-0.15, -0.1) is 0 Å². The van der Waals surface area contributed by atoms with Crippen LogP contribution in [0.3, 0.4) is 0 Å². The summed E-state index contributed by atoms with van der Waals surface area (Å²) in [6.07, 6.45) is 5.44. The topological polar surface area (TPSA) is 22.0 Å². The Bertz CT molecular complexity index is 314. The van der Waals surface area contributed by atoms with Gasteiger partial charge in [-0.3, -0.25) is 4.79 Å². The van der Waals surface area contributed by atoms with Crippen LogP contribution in [0.2, 0.25) is 0 Å². The minimum absolute atomic E-state index is 0.137. The molecule has 1 aliphatic rings. The third-order valence-corrected chi connectivity index (χ3v) is 2.18. The SMILES string of the molecule is O=c1ccn2c(c1)CCCC2. The summed E-state index contributed by atoms with van der Waals surface area (Å²) >= 11 is 0. The molecular weight excluding hydrogens is 138 g/mol. The van der Waals surface area contributed by atoms with Crippen LogP contribution in [0.25, 0.3) is 0 Å². The van der Waals surface area contributed by atoms with Gasteiger partial charge in [0.2, 0.25) is 0 Å². The third-order valence-electron chi connectivity index (χ3n) is 2.18. The maximum atomic E-state index is 10.9. The van der Waals surface area contributed by atoms with Gasteiger partial charge in [0.1, 0.15) is 0 Å². The molecule has 0 bridgehead atoms. The Morgan fingerprint density at radius 2 is 2.27 bits per heavy atom. The van der Waals surface area contributed by atoms with Crippen molar-refractivity contribution in [2.24, 2.45) is 0 Å². The Balaban J connectivity index is 2.51. The molecule has 2 heterocycles. The molecule has 0 aromatic carbocycles. The van der Waals surface area contributed by atoms with Crippen molar-refractivity contribution < 1.29 is 0 Å². The van der Waals surface area contributed by atoms with Crippen LogP contribution in [0.4, 0.5) is 0 Å². The monoisotopic (exact) mass is 149 g/mol. The second kappa shape index (κ2) is 2.53. The first-order valence-electron chi connectivity index (χ1n) is 4.06. The summed E-state index contributed by atoms with van der Waals surface area (Å²) in [4.78, 5) is 10.9. The molecular formula is C9H11NO. The van der Waals surface area contributed by atoms with Crippen molar-refractivity contribution in [3.63, 3.8) is 0 Å². The van der Waals surface area contributed by atoms with Crippen LogP contribution in [0.1, 0.15) is 18.5 Å². The van der Waals surface area contributed by atoms with E-state index >= 15 is 0 Å². The zero-order valence-corrected chi connectivity index (χ0v) is 6.42. The van der Waals surface area contributed by atoms with Crippen LogP contribution >= 0.6 is 0 Å². The van der Waals surface area contributed by atoms with E-state index in [9.17, 15) is 4.79 Å². The van der Waals surface area contributed by atoms with Crippen molar-refractivity contribution in [3.8, 4) is 0 Å². The smallest absolute Gasteiger partial charge is 0.181 e. The van der Waals surface area contributed by atoms with Crippen molar-refractivity contribution >= 4 is 0 Å². The number of hydrogen-bond donors (Lipinski definition) is 0. The molecule has 0 saturated heterocycles. The molecule has 2 rings (SSSR count). The molecule has 1 aliphatic heterocycles. The highest BCUT2D eigenvalue weighted by Crippen LogP contribution is 2.11. The molecule has 2 nitrogen and oxygen atoms in total. The minimum atomic E-state index is 0.137. The minimum Gasteiger partial charge on any atom is -0.351 e. The number of hydrogen-bond acceptors (Lipinski definition) is 1. The van der Waals surface area contributed by atoms with E-state index in [2.05, 4.69) is 4.57 Å². The maximum Gasteiger partial charge on any atom is 0.181 e. The first-order valence-corrected chi connectivity index (χ1v) is 4.06. The summed E-state index contributed by atoms with van der Waals surface area (Å²) in [5, 5.41) is 0. The van der Waals surface area contributed by atoms with Crippen LogP contribution < -0.4 is 5.43 Å². The van der Waals surface area contributed by atoms with Gasteiger partial charge < -0.3 is 4.57 Å². The van der Waals surface area contributed by atoms with Crippen molar-refractivity contribution in [1.29, 1.82) is 0 Å². The van der Waals surface area contributed by atoms with Crippen molar-refractivity contribution in [1.82, 2.24) is 4.57 Å². The number of fused-ring (bicyclic) bond motifs is 1. The second-order valence-corrected chi connectivity index (χ2v) is 3.00. The highest BCUT2D eigenvalue weighted by molar-refractivity contribution is 5.08. The Kier molecular flexibility index (Phi) is 1.53. The van der Waals surface area contributed by atoms with Gasteiger partial charge in [-0.2, -0.15) is 0 Å². The van der Waals surface area contributed by atoms with E-state index in [1.54, 1.807) is 12.1 Å². The van der Waals surface area contributed by atoms with Gasteiger partial charge in [0, 0.05) is 30.6 Å². The second-order valence-electron chi connectivity index (χ2n) is 3.00. The van der Waals surface area contributed by atoms with Crippen LogP contribution in [0.5, 0.6) is 0 Å². The molecule has 0 amide bonds. The molecule has 0 aliphatic carbocycles. The van der Waals surface area contributed by atoms with Gasteiger partial charge in [0.05, 0.1) is 0 Å². The van der Waals surface area contributed by atoms with Crippen LogP contribution in [0.15, 0.2) is 23.1 Å². The summed E-state index contributed by atoms with van der Waals surface area (Å²) in [5.74, 6) is 0. The summed E-state index contributed by atoms with van der Waals surface area (Å²) in [6, 6.07) is 3.38. The highest BCUT2D eigenvalue weighted by Gasteiger charge is 2.05. The molecule has 1 aromatic rings. The van der Waals surface area contributed by atoms with E-state index in [-0.39, 0.29) is 5.43 Å². The fourth-order valence-corrected chi connectivity index (χ4v) is 1.58. The Morgan fingerprint density at radius 3 is 3.18 bits per heavy atom. The highest BCUT2D eigenvalue weighted by atomic mass is 16.1. The van der Waals surface area contributed by atoms with E-state index in [1.807, 2.05) is 6.20 Å². The summed E-state index contributed by atoms with van der Waals surface area (Å²) in [6.45, 7) is 1.08. The Morgan fingerprint density at radius 1 is 1.36 bits per heavy atom. The van der Waals surface area contributed by atoms with E-state index < -0.39 is 0 Å². The molecule has 11 heavy (non-hydrogen) atoms. The van der Waals surface area contributed by atoms with E-state index in [0.29, 0.717) is 0 Å². The number of aromatic nitrogens is 1. The van der Waals surface area contributed by atoms with Gasteiger partial charge in [0.15, 0.2) is 5.43 Å². The van der Waals surface area contributed by atoms with Gasteiger partial charge >= 0.3 is 0 Å². The molecule has 0 saturated carbocycles. The summed E-state index contributed by atoms with van der Waals surface area (Å²) in [7, 11) is 0. The first-order chi connectivity index (χ1) is 5.36. The lowest BCUT2D eigenvalue weighted by Crippen LogP contribution is -2.15. The fourth-order valence-electron chi connectivity index (χ4n) is 1.58. The average Bonchev–Trinajstić information content (AvgIpc) is 2.04. The fraction of sp³-hybridized carbons (Fsp3) is 0.444. The first kappa shape index (κ1) is 6.65. The molecule has 1 aromatic heterocycles. The van der Waals surface area contributed by atoms with Crippen LogP contribution in [0, 0.1) is 0 Å². The number of rotatable bonds is 0. The number of aryl methyl sites for hydroxylation is 2. The Labute approximate surface area is 65.5 Å². The molecule has 0 spiro atoms. The summed E-state index contributed by atoms with van der Waals surface area (Å²) < 4.78 is 2.17.